The molecule has 0 amide bonds. The maximum atomic E-state index is 13.1. The largest absolute Gasteiger partial charge is 0.384 e. The van der Waals surface area contributed by atoms with Gasteiger partial charge in [-0.25, -0.2) is 4.79 Å². The first-order valence-corrected chi connectivity index (χ1v) is 9.65. The van der Waals surface area contributed by atoms with Crippen molar-refractivity contribution in [3.63, 3.8) is 0 Å². The number of benzene rings is 1. The van der Waals surface area contributed by atoms with E-state index in [4.69, 9.17) is 5.73 Å². The van der Waals surface area contributed by atoms with Crippen molar-refractivity contribution in [2.45, 2.75) is 19.0 Å². The van der Waals surface area contributed by atoms with E-state index in [1.165, 1.54) is 14.1 Å². The standard InChI is InChI=1S/C20H22N4O3S/c1-12(17(25)15-18(21)23(2)20(27)24(3)19(15)26)22-16(14-10-7-11-28-14)13-8-5-4-6-9-13/h4-12,16,22H,21H2,1-3H3/t12-,16+/m0/s1. The second-order valence-corrected chi connectivity index (χ2v) is 7.56. The van der Waals surface area contributed by atoms with Crippen molar-refractivity contribution in [2.24, 2.45) is 14.1 Å². The van der Waals surface area contributed by atoms with Gasteiger partial charge in [-0.1, -0.05) is 36.4 Å². The minimum absolute atomic E-state index is 0.126. The van der Waals surface area contributed by atoms with Crippen molar-refractivity contribution in [3.8, 4) is 0 Å². The Balaban J connectivity index is 1.98. The molecular formula is C20H22N4O3S. The number of nitrogens with zero attached hydrogens (tertiary/aromatic N) is 2. The molecule has 0 spiro atoms. The zero-order valence-electron chi connectivity index (χ0n) is 15.9. The molecule has 3 aromatic rings. The molecule has 0 saturated heterocycles. The molecule has 0 unspecified atom stereocenters. The third-order valence-electron chi connectivity index (χ3n) is 4.73. The van der Waals surface area contributed by atoms with E-state index < -0.39 is 23.1 Å². The monoisotopic (exact) mass is 398 g/mol. The molecule has 0 aliphatic carbocycles. The fourth-order valence-electron chi connectivity index (χ4n) is 3.08. The Kier molecular flexibility index (Phi) is 5.62. The number of nitrogens with one attached hydrogen (secondary N) is 1. The Morgan fingerprint density at radius 3 is 2.36 bits per heavy atom. The van der Waals surface area contributed by atoms with E-state index in [1.807, 2.05) is 47.8 Å². The maximum absolute atomic E-state index is 13.1. The van der Waals surface area contributed by atoms with Crippen molar-refractivity contribution in [2.75, 3.05) is 5.73 Å². The van der Waals surface area contributed by atoms with E-state index in [-0.39, 0.29) is 17.4 Å². The van der Waals surface area contributed by atoms with Crippen molar-refractivity contribution < 1.29 is 4.79 Å². The van der Waals surface area contributed by atoms with Gasteiger partial charge in [0.2, 0.25) is 0 Å². The summed E-state index contributed by atoms with van der Waals surface area (Å²) in [7, 11) is 2.77. The van der Waals surface area contributed by atoms with Crippen molar-refractivity contribution >= 4 is 22.9 Å². The van der Waals surface area contributed by atoms with E-state index in [1.54, 1.807) is 18.3 Å². The Morgan fingerprint density at radius 2 is 1.75 bits per heavy atom. The number of thiophene rings is 1. The Morgan fingerprint density at radius 1 is 1.07 bits per heavy atom. The average Bonchev–Trinajstić information content (AvgIpc) is 3.24. The Bertz CT molecular complexity index is 1100. The summed E-state index contributed by atoms with van der Waals surface area (Å²) in [6.45, 7) is 1.69. The van der Waals surface area contributed by atoms with Crippen LogP contribution in [-0.2, 0) is 14.1 Å². The molecule has 2 aromatic heterocycles. The zero-order valence-corrected chi connectivity index (χ0v) is 16.7. The summed E-state index contributed by atoms with van der Waals surface area (Å²) < 4.78 is 2.00. The number of carbonyl (C=O) groups is 1. The fourth-order valence-corrected chi connectivity index (χ4v) is 3.89. The van der Waals surface area contributed by atoms with Gasteiger partial charge in [-0.15, -0.1) is 11.3 Å². The molecule has 0 aliphatic rings. The summed E-state index contributed by atoms with van der Waals surface area (Å²) in [6, 6.07) is 12.8. The van der Waals surface area contributed by atoms with Gasteiger partial charge in [0.1, 0.15) is 11.4 Å². The molecule has 0 aliphatic heterocycles. The van der Waals surface area contributed by atoms with Crippen molar-refractivity contribution in [1.82, 2.24) is 14.5 Å². The van der Waals surface area contributed by atoms with Crippen molar-refractivity contribution in [3.05, 3.63) is 84.7 Å². The van der Waals surface area contributed by atoms with Gasteiger partial charge in [-0.2, -0.15) is 0 Å². The van der Waals surface area contributed by atoms with Crippen LogP contribution in [0.15, 0.2) is 57.4 Å². The van der Waals surface area contributed by atoms with Gasteiger partial charge in [0, 0.05) is 19.0 Å². The number of aromatic nitrogens is 2. The van der Waals surface area contributed by atoms with Gasteiger partial charge in [0.15, 0.2) is 5.78 Å². The lowest BCUT2D eigenvalue weighted by Crippen LogP contribution is -2.45. The third kappa shape index (κ3) is 3.56. The van der Waals surface area contributed by atoms with Crippen LogP contribution in [0.1, 0.15) is 33.8 Å². The van der Waals surface area contributed by atoms with Crippen LogP contribution in [0, 0.1) is 0 Å². The lowest BCUT2D eigenvalue weighted by Gasteiger charge is -2.23. The van der Waals surface area contributed by atoms with Gasteiger partial charge in [-0.3, -0.25) is 24.0 Å². The number of carbonyl (C=O) groups excluding carboxylic acids is 1. The van der Waals surface area contributed by atoms with Crippen LogP contribution in [0.5, 0.6) is 0 Å². The van der Waals surface area contributed by atoms with Crippen LogP contribution in [0.4, 0.5) is 5.82 Å². The Labute approximate surface area is 166 Å². The first-order chi connectivity index (χ1) is 13.3. The summed E-state index contributed by atoms with van der Waals surface area (Å²) in [5, 5.41) is 5.28. The predicted octanol–water partition coefficient (Wildman–Crippen LogP) is 1.68. The molecule has 0 fully saturated rings. The number of ketones is 1. The van der Waals surface area contributed by atoms with Crippen LogP contribution in [0.25, 0.3) is 0 Å². The van der Waals surface area contributed by atoms with Gasteiger partial charge >= 0.3 is 5.69 Å². The predicted molar refractivity (Wildman–Crippen MR) is 111 cm³/mol. The lowest BCUT2D eigenvalue weighted by molar-refractivity contribution is 0.0945. The van der Waals surface area contributed by atoms with Crippen LogP contribution in [0.3, 0.4) is 0 Å². The maximum Gasteiger partial charge on any atom is 0.332 e. The van der Waals surface area contributed by atoms with Crippen LogP contribution in [0.2, 0.25) is 0 Å². The molecule has 0 bridgehead atoms. The summed E-state index contributed by atoms with van der Waals surface area (Å²) in [6.07, 6.45) is 0. The second-order valence-electron chi connectivity index (χ2n) is 6.58. The van der Waals surface area contributed by atoms with E-state index in [2.05, 4.69) is 5.32 Å². The summed E-state index contributed by atoms with van der Waals surface area (Å²) in [5.41, 5.74) is 5.50. The lowest BCUT2D eigenvalue weighted by atomic mass is 10.0. The molecule has 3 N–H and O–H groups in total. The minimum atomic E-state index is -0.695. The Hall–Kier alpha value is -2.97. The average molecular weight is 398 g/mol. The van der Waals surface area contributed by atoms with Gasteiger partial charge in [-0.05, 0) is 23.9 Å². The number of anilines is 1. The molecule has 146 valence electrons. The number of hydrogen-bond donors (Lipinski definition) is 2. The highest BCUT2D eigenvalue weighted by atomic mass is 32.1. The number of hydrogen-bond acceptors (Lipinski definition) is 6. The first-order valence-electron chi connectivity index (χ1n) is 8.77. The number of rotatable bonds is 6. The zero-order chi connectivity index (χ0) is 20.4. The minimum Gasteiger partial charge on any atom is -0.384 e. The van der Waals surface area contributed by atoms with E-state index in [9.17, 15) is 14.4 Å². The fraction of sp³-hybridized carbons (Fsp3) is 0.250. The molecule has 2 heterocycles. The molecule has 3 rings (SSSR count). The highest BCUT2D eigenvalue weighted by Crippen LogP contribution is 2.26. The number of nitrogen functional groups attached to an aromatic ring is 1. The van der Waals surface area contributed by atoms with Crippen LogP contribution < -0.4 is 22.3 Å². The highest BCUT2D eigenvalue weighted by Gasteiger charge is 2.27. The van der Waals surface area contributed by atoms with E-state index >= 15 is 0 Å². The second kappa shape index (κ2) is 7.95. The quantitative estimate of drug-likeness (QED) is 0.616. The molecule has 8 heteroatoms. The topological polar surface area (TPSA) is 99.1 Å². The van der Waals surface area contributed by atoms with Gasteiger partial charge < -0.3 is 5.73 Å². The SMILES string of the molecule is C[C@H](N[C@H](c1ccccc1)c1cccs1)C(=O)c1c(N)n(C)c(=O)n(C)c1=O. The van der Waals surface area contributed by atoms with Crippen molar-refractivity contribution in [1.29, 1.82) is 0 Å². The molecule has 7 nitrogen and oxygen atoms in total. The number of Topliss-reactive ketones (excluding diaryl/α,β-unsaturated/α-hetero) is 1. The third-order valence-corrected chi connectivity index (χ3v) is 5.66. The highest BCUT2D eigenvalue weighted by molar-refractivity contribution is 7.10. The smallest absolute Gasteiger partial charge is 0.332 e. The van der Waals surface area contributed by atoms with Crippen LogP contribution >= 0.6 is 11.3 Å². The van der Waals surface area contributed by atoms with Crippen LogP contribution in [-0.4, -0.2) is 21.0 Å². The summed E-state index contributed by atoms with van der Waals surface area (Å²) >= 11 is 1.58. The van der Waals surface area contributed by atoms with Gasteiger partial charge in [0.25, 0.3) is 5.56 Å². The molecular weight excluding hydrogens is 376 g/mol. The molecule has 28 heavy (non-hydrogen) atoms. The molecule has 1 aromatic carbocycles. The number of nitrogens with two attached hydrogens (primary N) is 1. The molecule has 0 radical (unpaired) electrons. The van der Waals surface area contributed by atoms with E-state index in [0.717, 1.165) is 19.6 Å². The summed E-state index contributed by atoms with van der Waals surface area (Å²) in [5.74, 6) is -0.578. The normalized spacial score (nSPS) is 13.2. The first kappa shape index (κ1) is 19.8. The summed E-state index contributed by atoms with van der Waals surface area (Å²) in [4.78, 5) is 38.6. The van der Waals surface area contributed by atoms with Gasteiger partial charge in [0.05, 0.1) is 12.1 Å². The van der Waals surface area contributed by atoms with E-state index in [0.29, 0.717) is 0 Å². The molecule has 2 atom stereocenters. The molecule has 0 saturated carbocycles.